The number of hydrogen-bond acceptors (Lipinski definition) is 6. The van der Waals surface area contributed by atoms with Crippen LogP contribution in [0, 0.1) is 20.8 Å². The second-order valence-electron chi connectivity index (χ2n) is 9.78. The first-order valence-corrected chi connectivity index (χ1v) is 13.0. The highest BCUT2D eigenvalue weighted by Crippen LogP contribution is 2.39. The fourth-order valence-electron chi connectivity index (χ4n) is 4.88. The van der Waals surface area contributed by atoms with E-state index in [9.17, 15) is 4.79 Å². The van der Waals surface area contributed by atoms with Crippen LogP contribution in [-0.4, -0.2) is 27.3 Å². The number of anilines is 2. The number of carbonyl (C=O) groups excluding carboxylic acids is 1. The van der Waals surface area contributed by atoms with Gasteiger partial charge >= 0.3 is 0 Å². The molecule has 1 unspecified atom stereocenters. The van der Waals surface area contributed by atoms with Gasteiger partial charge in [0.15, 0.2) is 11.5 Å². The summed E-state index contributed by atoms with van der Waals surface area (Å²) in [6, 6.07) is 19.4. The number of ether oxygens (including phenoxy) is 2. The van der Waals surface area contributed by atoms with Crippen LogP contribution in [0.25, 0.3) is 0 Å². The lowest BCUT2D eigenvalue weighted by atomic mass is 9.94. The smallest absolute Gasteiger partial charge is 0.255 e. The van der Waals surface area contributed by atoms with Crippen LogP contribution in [0.15, 0.2) is 78.3 Å². The molecule has 0 bridgehead atoms. The van der Waals surface area contributed by atoms with Crippen LogP contribution < -0.4 is 20.1 Å². The zero-order valence-electron chi connectivity index (χ0n) is 22.9. The molecule has 39 heavy (non-hydrogen) atoms. The third-order valence-corrected chi connectivity index (χ3v) is 6.73. The minimum Gasteiger partial charge on any atom is -0.490 e. The summed E-state index contributed by atoms with van der Waals surface area (Å²) in [5.41, 5.74) is 7.25. The third-order valence-electron chi connectivity index (χ3n) is 6.73. The number of fused-ring (bicyclic) bond motifs is 1. The Morgan fingerprint density at radius 1 is 0.974 bits per heavy atom. The van der Waals surface area contributed by atoms with Crippen LogP contribution >= 0.6 is 0 Å². The summed E-state index contributed by atoms with van der Waals surface area (Å²) in [7, 11) is 0. The summed E-state index contributed by atoms with van der Waals surface area (Å²) in [5.74, 6) is 1.60. The van der Waals surface area contributed by atoms with Crippen molar-refractivity contribution >= 4 is 17.5 Å². The molecule has 1 aliphatic rings. The molecule has 8 heteroatoms. The van der Waals surface area contributed by atoms with E-state index in [4.69, 9.17) is 9.47 Å². The first-order valence-electron chi connectivity index (χ1n) is 13.0. The van der Waals surface area contributed by atoms with Gasteiger partial charge in [0.25, 0.3) is 5.91 Å². The van der Waals surface area contributed by atoms with Crippen molar-refractivity contribution in [2.75, 3.05) is 17.2 Å². The normalized spacial score (nSPS) is 14.4. The van der Waals surface area contributed by atoms with Gasteiger partial charge in [-0.2, -0.15) is 10.1 Å². The van der Waals surface area contributed by atoms with Gasteiger partial charge in [-0.05, 0) is 69.5 Å². The van der Waals surface area contributed by atoms with E-state index in [2.05, 4.69) is 39.8 Å². The predicted octanol–water partition coefficient (Wildman–Crippen LogP) is 6.11. The molecule has 8 nitrogen and oxygen atoms in total. The van der Waals surface area contributed by atoms with Crippen molar-refractivity contribution < 1.29 is 14.3 Å². The molecule has 0 spiro atoms. The molecule has 4 aromatic rings. The number of nitrogens with one attached hydrogen (secondary N) is 2. The number of aryl methyl sites for hydroxylation is 3. The maximum atomic E-state index is 13.8. The molecule has 2 N–H and O–H groups in total. The molecular weight excluding hydrogens is 490 g/mol. The summed E-state index contributed by atoms with van der Waals surface area (Å²) in [6.45, 7) is 10.8. The van der Waals surface area contributed by atoms with Crippen LogP contribution in [0.5, 0.6) is 11.5 Å². The Hall–Kier alpha value is -4.59. The maximum Gasteiger partial charge on any atom is 0.255 e. The minimum atomic E-state index is -0.514. The average molecular weight is 524 g/mol. The third kappa shape index (κ3) is 5.50. The van der Waals surface area contributed by atoms with Crippen LogP contribution in [0.3, 0.4) is 0 Å². The molecule has 5 rings (SSSR count). The topological polar surface area (TPSA) is 90.3 Å². The second-order valence-corrected chi connectivity index (χ2v) is 9.78. The quantitative estimate of drug-likeness (QED) is 0.290. The van der Waals surface area contributed by atoms with Gasteiger partial charge in [-0.15, -0.1) is 0 Å². The van der Waals surface area contributed by atoms with Crippen molar-refractivity contribution in [2.45, 2.75) is 47.3 Å². The summed E-state index contributed by atoms with van der Waals surface area (Å²) < 4.78 is 13.9. The van der Waals surface area contributed by atoms with E-state index < -0.39 is 6.04 Å². The zero-order chi connectivity index (χ0) is 27.5. The van der Waals surface area contributed by atoms with E-state index in [0.29, 0.717) is 41.9 Å². The lowest BCUT2D eigenvalue weighted by Gasteiger charge is -2.29. The Morgan fingerprint density at radius 3 is 2.56 bits per heavy atom. The minimum absolute atomic E-state index is 0.212. The molecule has 1 atom stereocenters. The first kappa shape index (κ1) is 26.0. The second kappa shape index (κ2) is 11.0. The zero-order valence-corrected chi connectivity index (χ0v) is 22.9. The van der Waals surface area contributed by atoms with E-state index in [1.807, 2.05) is 76.2 Å². The van der Waals surface area contributed by atoms with Gasteiger partial charge in [-0.1, -0.05) is 53.6 Å². The van der Waals surface area contributed by atoms with Crippen LogP contribution in [0.4, 0.5) is 11.6 Å². The van der Waals surface area contributed by atoms with Crippen molar-refractivity contribution in [1.29, 1.82) is 0 Å². The van der Waals surface area contributed by atoms with E-state index in [0.717, 1.165) is 27.9 Å². The number of allylic oxidation sites excluding steroid dienone is 1. The summed E-state index contributed by atoms with van der Waals surface area (Å²) >= 11 is 0. The molecule has 0 saturated heterocycles. The van der Waals surface area contributed by atoms with E-state index in [1.54, 1.807) is 4.68 Å². The summed E-state index contributed by atoms with van der Waals surface area (Å²) in [5, 5.41) is 10.8. The molecule has 200 valence electrons. The summed E-state index contributed by atoms with van der Waals surface area (Å²) in [6.07, 6.45) is 1.48. The fourth-order valence-corrected chi connectivity index (χ4v) is 4.88. The molecule has 0 saturated carbocycles. The van der Waals surface area contributed by atoms with Gasteiger partial charge in [0, 0.05) is 11.4 Å². The first-order chi connectivity index (χ1) is 18.8. The highest BCUT2D eigenvalue weighted by Gasteiger charge is 2.34. The molecule has 1 aromatic heterocycles. The Bertz CT molecular complexity index is 1560. The Kier molecular flexibility index (Phi) is 7.36. The van der Waals surface area contributed by atoms with Crippen molar-refractivity contribution in [3.8, 4) is 11.5 Å². The van der Waals surface area contributed by atoms with Gasteiger partial charge in [0.05, 0.1) is 12.2 Å². The Morgan fingerprint density at radius 2 is 1.79 bits per heavy atom. The van der Waals surface area contributed by atoms with Crippen molar-refractivity contribution in [3.05, 3.63) is 106 Å². The van der Waals surface area contributed by atoms with Crippen molar-refractivity contribution in [3.63, 3.8) is 0 Å². The number of hydrogen-bond donors (Lipinski definition) is 2. The Balaban J connectivity index is 1.49. The molecule has 1 aliphatic heterocycles. The number of carbonyl (C=O) groups is 1. The molecule has 0 radical (unpaired) electrons. The van der Waals surface area contributed by atoms with Crippen LogP contribution in [0.1, 0.15) is 47.7 Å². The largest absolute Gasteiger partial charge is 0.490 e. The van der Waals surface area contributed by atoms with Crippen molar-refractivity contribution in [1.82, 2.24) is 14.8 Å². The van der Waals surface area contributed by atoms with Crippen LogP contribution in [-0.2, 0) is 11.4 Å². The SMILES string of the molecule is CCOc1cc(C2C(C(=O)Nc3ccc(C)cc3C)=C(C)Nc3ncnn32)ccc1OCc1cccc(C)c1. The highest BCUT2D eigenvalue weighted by molar-refractivity contribution is 6.06. The molecular formula is C31H33N5O3. The molecule has 3 aromatic carbocycles. The monoisotopic (exact) mass is 523 g/mol. The lowest BCUT2D eigenvalue weighted by molar-refractivity contribution is -0.113. The Labute approximate surface area is 228 Å². The molecule has 2 heterocycles. The number of aromatic nitrogens is 3. The number of amides is 1. The molecule has 0 fully saturated rings. The number of rotatable bonds is 8. The van der Waals surface area contributed by atoms with Gasteiger partial charge in [0.1, 0.15) is 19.0 Å². The summed E-state index contributed by atoms with van der Waals surface area (Å²) in [4.78, 5) is 18.1. The fraction of sp³-hybridized carbons (Fsp3) is 0.258. The number of nitrogens with zero attached hydrogens (tertiary/aromatic N) is 3. The lowest BCUT2D eigenvalue weighted by Crippen LogP contribution is -2.31. The van der Waals surface area contributed by atoms with Crippen LogP contribution in [0.2, 0.25) is 0 Å². The standard InChI is InChI=1S/C31H33N5O3/c1-6-38-27-16-24(11-13-26(27)39-17-23-9-7-8-19(2)15-23)29-28(22(5)34-31-32-18-33-36(29)31)30(37)35-25-12-10-20(3)14-21(25)4/h7-16,18,29H,6,17H2,1-5H3,(H,35,37)(H,32,33,34). The van der Waals surface area contributed by atoms with E-state index >= 15 is 0 Å². The average Bonchev–Trinajstić information content (AvgIpc) is 3.37. The maximum absolute atomic E-state index is 13.8. The van der Waals surface area contributed by atoms with Gasteiger partial charge in [-0.3, -0.25) is 4.79 Å². The van der Waals surface area contributed by atoms with Gasteiger partial charge in [-0.25, -0.2) is 4.68 Å². The van der Waals surface area contributed by atoms with E-state index in [-0.39, 0.29) is 5.91 Å². The number of benzene rings is 3. The van der Waals surface area contributed by atoms with E-state index in [1.165, 1.54) is 11.9 Å². The van der Waals surface area contributed by atoms with Gasteiger partial charge in [0.2, 0.25) is 5.95 Å². The predicted molar refractivity (Wildman–Crippen MR) is 152 cm³/mol. The highest BCUT2D eigenvalue weighted by atomic mass is 16.5. The molecule has 0 aliphatic carbocycles. The van der Waals surface area contributed by atoms with Crippen molar-refractivity contribution in [2.24, 2.45) is 0 Å². The molecule has 1 amide bonds. The van der Waals surface area contributed by atoms with Gasteiger partial charge < -0.3 is 20.1 Å².